The van der Waals surface area contributed by atoms with Crippen molar-refractivity contribution >= 4 is 53.2 Å². The SMILES string of the molecule is CC(C)C[C@H](NC(=O)[C@H](Cc1ccc(O)cc1)NC(=O)[C@H](CCCCN)NC(=O)[C@H](CC(N)=O)NC(=O)CNC(=O)[C@H](CC(C)C)NC(=O)[C@@H](N)Cc1cnc[nH]1)C(=O)N[C@H](C(=O)O)C(C)C. The number of hydrogen-bond acceptors (Lipinski definition) is 13. The zero-order valence-corrected chi connectivity index (χ0v) is 39.1. The Morgan fingerprint density at radius 3 is 1.75 bits per heavy atom. The monoisotopic (exact) mass is 943 g/mol. The quantitative estimate of drug-likeness (QED) is 0.0381. The fourth-order valence-corrected chi connectivity index (χ4v) is 6.78. The van der Waals surface area contributed by atoms with Crippen molar-refractivity contribution in [2.75, 3.05) is 13.1 Å². The fourth-order valence-electron chi connectivity index (χ4n) is 6.78. The number of carbonyl (C=O) groups is 9. The van der Waals surface area contributed by atoms with Crippen LogP contribution in [0.5, 0.6) is 5.75 Å². The second-order valence-corrected chi connectivity index (χ2v) is 17.6. The molecule has 0 aliphatic heterocycles. The number of rotatable bonds is 30. The third-order valence-corrected chi connectivity index (χ3v) is 10.3. The van der Waals surface area contributed by atoms with Crippen LogP contribution < -0.4 is 54.4 Å². The molecule has 1 aromatic carbocycles. The molecule has 2 aromatic rings. The van der Waals surface area contributed by atoms with Crippen LogP contribution in [0.3, 0.4) is 0 Å². The Morgan fingerprint density at radius 1 is 0.672 bits per heavy atom. The molecule has 7 atom stereocenters. The molecule has 1 aromatic heterocycles. The molecule has 0 saturated carbocycles. The molecule has 2 rings (SSSR count). The van der Waals surface area contributed by atoms with Crippen molar-refractivity contribution in [3.05, 3.63) is 48.0 Å². The number of phenolic OH excluding ortho intramolecular Hbond substituents is 1. The second-order valence-electron chi connectivity index (χ2n) is 17.6. The molecule has 67 heavy (non-hydrogen) atoms. The van der Waals surface area contributed by atoms with Crippen molar-refractivity contribution in [1.29, 1.82) is 0 Å². The van der Waals surface area contributed by atoms with Gasteiger partial charge in [-0.25, -0.2) is 9.78 Å². The van der Waals surface area contributed by atoms with Crippen LogP contribution in [0.1, 0.15) is 91.3 Å². The van der Waals surface area contributed by atoms with Crippen LogP contribution in [0.4, 0.5) is 0 Å². The number of carbonyl (C=O) groups excluding carboxylic acids is 8. The first-order chi connectivity index (χ1) is 31.5. The van der Waals surface area contributed by atoms with Gasteiger partial charge < -0.3 is 69.6 Å². The summed E-state index contributed by atoms with van der Waals surface area (Å²) in [5, 5.41) is 37.3. The average Bonchev–Trinajstić information content (AvgIpc) is 3.76. The zero-order valence-electron chi connectivity index (χ0n) is 39.1. The van der Waals surface area contributed by atoms with Gasteiger partial charge >= 0.3 is 5.97 Å². The van der Waals surface area contributed by atoms with Gasteiger partial charge in [0.1, 0.15) is 42.0 Å². The number of hydrogen-bond donors (Lipinski definition) is 13. The van der Waals surface area contributed by atoms with E-state index in [0.717, 1.165) is 0 Å². The van der Waals surface area contributed by atoms with Gasteiger partial charge in [0.15, 0.2) is 0 Å². The van der Waals surface area contributed by atoms with Crippen LogP contribution in [-0.4, -0.2) is 129 Å². The van der Waals surface area contributed by atoms with Crippen molar-refractivity contribution in [3.63, 3.8) is 0 Å². The number of aromatic nitrogens is 2. The molecule has 8 amide bonds. The number of unbranched alkanes of at least 4 members (excludes halogenated alkanes) is 1. The summed E-state index contributed by atoms with van der Waals surface area (Å²) in [5.41, 5.74) is 18.3. The van der Waals surface area contributed by atoms with Gasteiger partial charge in [-0.3, -0.25) is 38.4 Å². The molecular weight excluding hydrogens is 873 g/mol. The molecule has 0 fully saturated rings. The number of phenols is 1. The molecule has 0 spiro atoms. The number of carboxylic acids is 1. The van der Waals surface area contributed by atoms with Crippen LogP contribution in [0.25, 0.3) is 0 Å². The van der Waals surface area contributed by atoms with Gasteiger partial charge in [-0.2, -0.15) is 0 Å². The van der Waals surface area contributed by atoms with Gasteiger partial charge in [0, 0.05) is 24.7 Å². The third-order valence-electron chi connectivity index (χ3n) is 10.3. The predicted octanol–water partition coefficient (Wildman–Crippen LogP) is -1.91. The molecule has 23 heteroatoms. The number of aromatic amines is 1. The minimum Gasteiger partial charge on any atom is -0.508 e. The minimum atomic E-state index is -1.63. The average molecular weight is 943 g/mol. The highest BCUT2D eigenvalue weighted by atomic mass is 16.4. The molecule has 0 bridgehead atoms. The van der Waals surface area contributed by atoms with Crippen molar-refractivity contribution < 1.29 is 53.4 Å². The maximum Gasteiger partial charge on any atom is 0.326 e. The second kappa shape index (κ2) is 28.4. The van der Waals surface area contributed by atoms with Crippen molar-refractivity contribution in [3.8, 4) is 5.75 Å². The summed E-state index contributed by atoms with van der Waals surface area (Å²) < 4.78 is 0. The van der Waals surface area contributed by atoms with Gasteiger partial charge in [-0.15, -0.1) is 0 Å². The Bertz CT molecular complexity index is 1960. The maximum atomic E-state index is 14.1. The van der Waals surface area contributed by atoms with E-state index in [1.54, 1.807) is 27.7 Å². The molecule has 16 N–H and O–H groups in total. The fraction of sp³-hybridized carbons (Fsp3) is 0.591. The van der Waals surface area contributed by atoms with E-state index < -0.39 is 114 Å². The van der Waals surface area contributed by atoms with Crippen LogP contribution in [0, 0.1) is 17.8 Å². The van der Waals surface area contributed by atoms with Crippen molar-refractivity contribution in [1.82, 2.24) is 47.2 Å². The number of aliphatic carboxylic acids is 1. The highest BCUT2D eigenvalue weighted by Gasteiger charge is 2.34. The third kappa shape index (κ3) is 21.0. The molecule has 0 radical (unpaired) electrons. The van der Waals surface area contributed by atoms with Crippen LogP contribution in [0.15, 0.2) is 36.8 Å². The number of aromatic hydroxyl groups is 1. The molecule has 1 heterocycles. The topological polar surface area (TPSA) is 385 Å². The van der Waals surface area contributed by atoms with E-state index in [0.29, 0.717) is 24.1 Å². The van der Waals surface area contributed by atoms with Gasteiger partial charge in [0.05, 0.1) is 25.3 Å². The van der Waals surface area contributed by atoms with Crippen LogP contribution >= 0.6 is 0 Å². The number of imidazole rings is 1. The smallest absolute Gasteiger partial charge is 0.326 e. The van der Waals surface area contributed by atoms with Crippen molar-refractivity contribution in [2.24, 2.45) is 35.0 Å². The van der Waals surface area contributed by atoms with E-state index in [1.165, 1.54) is 36.8 Å². The summed E-state index contributed by atoms with van der Waals surface area (Å²) in [7, 11) is 0. The Hall–Kier alpha value is -6.62. The number of benzene rings is 1. The van der Waals surface area contributed by atoms with Gasteiger partial charge in [-0.05, 0) is 74.1 Å². The Labute approximate surface area is 390 Å². The standard InChI is InChI=1S/C44H70N12O11/c1-23(2)15-31(53-38(60)29(46)18-27-20-48-22-50-27)39(61)49-21-36(59)51-34(19-35(47)58)42(64)52-30(9-7-8-14-45)40(62)55-33(17-26-10-12-28(57)13-11-26)41(63)54-32(16-24(3)4)43(65)56-37(25(5)6)44(66)67/h10-13,20,22-25,29-34,37,57H,7-9,14-19,21,45-46H2,1-6H3,(H2,47,58)(H,48,50)(H,49,61)(H,51,59)(H,52,64)(H,53,60)(H,54,63)(H,55,62)(H,56,65)(H,66,67)/t29-,30-,31-,32-,33-,34-,37-/m0/s1. The van der Waals surface area contributed by atoms with Crippen molar-refractivity contribution in [2.45, 2.75) is 135 Å². The van der Waals surface area contributed by atoms with E-state index in [1.807, 2.05) is 13.8 Å². The van der Waals surface area contributed by atoms with E-state index in [2.05, 4.69) is 47.2 Å². The first-order valence-electron chi connectivity index (χ1n) is 22.3. The number of nitrogens with two attached hydrogens (primary N) is 3. The molecule has 372 valence electrons. The number of nitrogens with zero attached hydrogens (tertiary/aromatic N) is 1. The number of primary amides is 1. The van der Waals surface area contributed by atoms with Crippen LogP contribution in [0.2, 0.25) is 0 Å². The highest BCUT2D eigenvalue weighted by molar-refractivity contribution is 5.98. The molecule has 0 aliphatic rings. The summed E-state index contributed by atoms with van der Waals surface area (Å²) in [6, 6.07) is -3.21. The summed E-state index contributed by atoms with van der Waals surface area (Å²) in [4.78, 5) is 126. The number of nitrogens with one attached hydrogen (secondary N) is 8. The Morgan fingerprint density at radius 2 is 1.21 bits per heavy atom. The van der Waals surface area contributed by atoms with Gasteiger partial charge in [0.25, 0.3) is 0 Å². The maximum absolute atomic E-state index is 14.1. The lowest BCUT2D eigenvalue weighted by Crippen LogP contribution is -2.60. The van der Waals surface area contributed by atoms with E-state index in [9.17, 15) is 53.4 Å². The number of amides is 8. The minimum absolute atomic E-state index is 0.0196. The summed E-state index contributed by atoms with van der Waals surface area (Å²) in [5.74, 6) is -8.72. The first kappa shape index (κ1) is 56.5. The zero-order chi connectivity index (χ0) is 50.4. The first-order valence-corrected chi connectivity index (χ1v) is 22.3. The summed E-state index contributed by atoms with van der Waals surface area (Å²) in [6.07, 6.45) is 3.19. The molecular formula is C44H70N12O11. The van der Waals surface area contributed by atoms with Crippen LogP contribution in [-0.2, 0) is 56.0 Å². The Kier molecular flexibility index (Phi) is 24.0. The largest absolute Gasteiger partial charge is 0.508 e. The summed E-state index contributed by atoms with van der Waals surface area (Å²) in [6.45, 7) is 10.0. The van der Waals surface area contributed by atoms with E-state index in [4.69, 9.17) is 17.2 Å². The lowest BCUT2D eigenvalue weighted by atomic mass is 9.99. The predicted molar refractivity (Wildman–Crippen MR) is 245 cm³/mol. The molecule has 0 saturated heterocycles. The van der Waals surface area contributed by atoms with E-state index >= 15 is 0 Å². The lowest BCUT2D eigenvalue weighted by Gasteiger charge is -2.28. The normalized spacial score (nSPS) is 14.4. The number of H-pyrrole nitrogens is 1. The highest BCUT2D eigenvalue weighted by Crippen LogP contribution is 2.14. The summed E-state index contributed by atoms with van der Waals surface area (Å²) >= 11 is 0. The van der Waals surface area contributed by atoms with E-state index in [-0.39, 0.29) is 56.2 Å². The lowest BCUT2D eigenvalue weighted by molar-refractivity contribution is -0.143. The molecule has 0 aliphatic carbocycles. The number of carboxylic acid groups (broad SMARTS) is 1. The Balaban J connectivity index is 2.31. The molecule has 23 nitrogen and oxygen atoms in total. The molecule has 0 unspecified atom stereocenters. The van der Waals surface area contributed by atoms with Gasteiger partial charge in [0.2, 0.25) is 47.3 Å². The van der Waals surface area contributed by atoms with Gasteiger partial charge in [-0.1, -0.05) is 53.7 Å².